The van der Waals surface area contributed by atoms with E-state index in [0.717, 1.165) is 10.5 Å². The number of benzene rings is 2. The Bertz CT molecular complexity index is 1110. The summed E-state index contributed by atoms with van der Waals surface area (Å²) in [5.74, 6) is -1.21. The van der Waals surface area contributed by atoms with Crippen molar-refractivity contribution in [2.75, 3.05) is 10.8 Å². The summed E-state index contributed by atoms with van der Waals surface area (Å²) in [5.41, 5.74) is 1.48. The van der Waals surface area contributed by atoms with Crippen LogP contribution in [0.5, 0.6) is 5.75 Å². The fourth-order valence-electron chi connectivity index (χ4n) is 2.64. The minimum absolute atomic E-state index is 0.0575. The standard InChI is InChI=1S/C18H16N4O5S/c19-7-2-8-20-18(25)14-4-1-3-12(9-14)13-5-6-16(23)15(10-13)22-11-17(24)21-28(22,26)27/h1,3-6,9-11,21,23-24H,2,8H2,(H,20,25). The first-order valence-electron chi connectivity index (χ1n) is 8.13. The average molecular weight is 400 g/mol. The van der Waals surface area contributed by atoms with Gasteiger partial charge in [-0.1, -0.05) is 18.2 Å². The quantitative estimate of drug-likeness (QED) is 0.563. The highest BCUT2D eigenvalue weighted by molar-refractivity contribution is 7.91. The minimum Gasteiger partial charge on any atom is -0.506 e. The molecule has 1 aliphatic rings. The molecule has 0 bridgehead atoms. The van der Waals surface area contributed by atoms with Crippen LogP contribution in [-0.2, 0) is 10.2 Å². The Kier molecular flexibility index (Phi) is 5.10. The number of phenols is 1. The van der Waals surface area contributed by atoms with Crippen LogP contribution in [0.3, 0.4) is 0 Å². The molecule has 0 aliphatic carbocycles. The molecule has 1 aliphatic heterocycles. The van der Waals surface area contributed by atoms with Crippen molar-refractivity contribution in [1.82, 2.24) is 10.0 Å². The van der Waals surface area contributed by atoms with Crippen LogP contribution < -0.4 is 14.3 Å². The van der Waals surface area contributed by atoms with Crippen LogP contribution in [0, 0.1) is 11.3 Å². The van der Waals surface area contributed by atoms with Crippen LogP contribution in [0.25, 0.3) is 11.1 Å². The number of anilines is 1. The van der Waals surface area contributed by atoms with Gasteiger partial charge in [-0.25, -0.2) is 9.03 Å². The first kappa shape index (κ1) is 19.1. The number of carbonyl (C=O) groups is 1. The van der Waals surface area contributed by atoms with Crippen LogP contribution in [0.4, 0.5) is 5.69 Å². The first-order valence-corrected chi connectivity index (χ1v) is 9.57. The number of nitrogens with zero attached hydrogens (tertiary/aromatic N) is 2. The second-order valence-corrected chi connectivity index (χ2v) is 7.41. The molecule has 9 nitrogen and oxygen atoms in total. The number of phenolic OH excluding ortho intramolecular Hbond substituents is 1. The van der Waals surface area contributed by atoms with Gasteiger partial charge in [0.05, 0.1) is 18.7 Å². The number of rotatable bonds is 5. The molecule has 0 fully saturated rings. The Balaban J connectivity index is 1.95. The van der Waals surface area contributed by atoms with E-state index in [4.69, 9.17) is 5.26 Å². The molecule has 0 aromatic heterocycles. The van der Waals surface area contributed by atoms with E-state index in [1.54, 1.807) is 30.3 Å². The van der Waals surface area contributed by atoms with Gasteiger partial charge in [0.15, 0.2) is 0 Å². The lowest BCUT2D eigenvalue weighted by Gasteiger charge is -2.16. The summed E-state index contributed by atoms with van der Waals surface area (Å²) < 4.78 is 26.7. The molecule has 0 saturated carbocycles. The molecule has 144 valence electrons. The summed E-state index contributed by atoms with van der Waals surface area (Å²) in [4.78, 5) is 12.2. The van der Waals surface area contributed by atoms with Gasteiger partial charge < -0.3 is 15.5 Å². The number of hydrogen-bond acceptors (Lipinski definition) is 6. The van der Waals surface area contributed by atoms with Crippen molar-refractivity contribution < 1.29 is 23.4 Å². The lowest BCUT2D eigenvalue weighted by Crippen LogP contribution is -2.29. The van der Waals surface area contributed by atoms with E-state index >= 15 is 0 Å². The molecule has 3 rings (SSSR count). The number of aliphatic hydroxyl groups excluding tert-OH is 1. The van der Waals surface area contributed by atoms with Gasteiger partial charge in [0.25, 0.3) is 5.91 Å². The van der Waals surface area contributed by atoms with E-state index in [0.29, 0.717) is 16.7 Å². The van der Waals surface area contributed by atoms with E-state index in [1.165, 1.54) is 12.1 Å². The number of aromatic hydroxyl groups is 1. The average Bonchev–Trinajstić information content (AvgIpc) is 2.94. The largest absolute Gasteiger partial charge is 0.506 e. The second-order valence-electron chi connectivity index (χ2n) is 5.87. The predicted molar refractivity (Wildman–Crippen MR) is 101 cm³/mol. The van der Waals surface area contributed by atoms with Gasteiger partial charge >= 0.3 is 10.2 Å². The Morgan fingerprint density at radius 3 is 2.61 bits per heavy atom. The topological polar surface area (TPSA) is 143 Å². The fourth-order valence-corrected chi connectivity index (χ4v) is 3.70. The molecule has 28 heavy (non-hydrogen) atoms. The summed E-state index contributed by atoms with van der Waals surface area (Å²) in [5, 5.41) is 30.7. The molecule has 0 spiro atoms. The van der Waals surface area contributed by atoms with Crippen molar-refractivity contribution in [1.29, 1.82) is 5.26 Å². The molecule has 0 radical (unpaired) electrons. The molecule has 2 aromatic carbocycles. The molecule has 0 saturated heterocycles. The summed E-state index contributed by atoms with van der Waals surface area (Å²) in [7, 11) is -4.05. The molecule has 0 unspecified atom stereocenters. The zero-order valence-corrected chi connectivity index (χ0v) is 15.3. The highest BCUT2D eigenvalue weighted by atomic mass is 32.2. The Hall–Kier alpha value is -3.71. The molecular weight excluding hydrogens is 384 g/mol. The highest BCUT2D eigenvalue weighted by Crippen LogP contribution is 2.35. The molecular formula is C18H16N4O5S. The molecule has 1 amide bonds. The third kappa shape index (κ3) is 3.84. The van der Waals surface area contributed by atoms with Crippen molar-refractivity contribution >= 4 is 21.8 Å². The number of aliphatic hydroxyl groups is 1. The highest BCUT2D eigenvalue weighted by Gasteiger charge is 2.30. The zero-order chi connectivity index (χ0) is 20.3. The van der Waals surface area contributed by atoms with Crippen molar-refractivity contribution in [2.24, 2.45) is 0 Å². The Morgan fingerprint density at radius 2 is 1.93 bits per heavy atom. The van der Waals surface area contributed by atoms with E-state index in [-0.39, 0.29) is 30.3 Å². The van der Waals surface area contributed by atoms with Gasteiger partial charge in [-0.3, -0.25) is 4.79 Å². The van der Waals surface area contributed by atoms with Gasteiger partial charge in [-0.2, -0.15) is 13.7 Å². The summed E-state index contributed by atoms with van der Waals surface area (Å²) in [6.07, 6.45) is 1.14. The SMILES string of the molecule is N#CCCNC(=O)c1cccc(-c2ccc(O)c(N3C=C(O)NS3(=O)=O)c2)c1. The monoisotopic (exact) mass is 400 g/mol. The third-order valence-electron chi connectivity index (χ3n) is 3.93. The van der Waals surface area contributed by atoms with E-state index in [9.17, 15) is 23.4 Å². The number of nitrogens with one attached hydrogen (secondary N) is 2. The smallest absolute Gasteiger partial charge is 0.330 e. The predicted octanol–water partition coefficient (Wildman–Crippen LogP) is 1.71. The zero-order valence-electron chi connectivity index (χ0n) is 14.5. The molecule has 4 N–H and O–H groups in total. The van der Waals surface area contributed by atoms with Crippen LogP contribution in [-0.4, -0.2) is 31.1 Å². The van der Waals surface area contributed by atoms with Crippen molar-refractivity contribution in [2.45, 2.75) is 6.42 Å². The number of amides is 1. The second kappa shape index (κ2) is 7.50. The summed E-state index contributed by atoms with van der Waals surface area (Å²) >= 11 is 0. The Morgan fingerprint density at radius 1 is 1.18 bits per heavy atom. The van der Waals surface area contributed by atoms with Crippen molar-refractivity contribution in [3.63, 3.8) is 0 Å². The van der Waals surface area contributed by atoms with Crippen LogP contribution in [0.15, 0.2) is 54.5 Å². The fraction of sp³-hybridized carbons (Fsp3) is 0.111. The third-order valence-corrected chi connectivity index (χ3v) is 5.21. The maximum absolute atomic E-state index is 12.2. The molecule has 2 aromatic rings. The van der Waals surface area contributed by atoms with Crippen LogP contribution in [0.2, 0.25) is 0 Å². The maximum atomic E-state index is 12.2. The number of nitriles is 1. The summed E-state index contributed by atoms with van der Waals surface area (Å²) in [6, 6.07) is 12.9. The Labute approximate surface area is 161 Å². The lowest BCUT2D eigenvalue weighted by molar-refractivity contribution is 0.0954. The van der Waals surface area contributed by atoms with Crippen LogP contribution in [0.1, 0.15) is 16.8 Å². The van der Waals surface area contributed by atoms with Gasteiger partial charge in [0.2, 0.25) is 5.88 Å². The minimum atomic E-state index is -4.05. The number of hydrogen-bond donors (Lipinski definition) is 4. The summed E-state index contributed by atoms with van der Waals surface area (Å²) in [6.45, 7) is 0.235. The maximum Gasteiger partial charge on any atom is 0.330 e. The van der Waals surface area contributed by atoms with E-state index < -0.39 is 16.1 Å². The van der Waals surface area contributed by atoms with Crippen molar-refractivity contribution in [3.8, 4) is 22.9 Å². The molecule has 0 atom stereocenters. The van der Waals surface area contributed by atoms with E-state index in [2.05, 4.69) is 5.32 Å². The van der Waals surface area contributed by atoms with Gasteiger partial charge in [-0.15, -0.1) is 0 Å². The lowest BCUT2D eigenvalue weighted by atomic mass is 10.0. The van der Waals surface area contributed by atoms with Gasteiger partial charge in [-0.05, 0) is 35.4 Å². The van der Waals surface area contributed by atoms with Crippen molar-refractivity contribution in [3.05, 3.63) is 60.1 Å². The normalized spacial score (nSPS) is 14.7. The molecule has 1 heterocycles. The van der Waals surface area contributed by atoms with Crippen LogP contribution >= 0.6 is 0 Å². The van der Waals surface area contributed by atoms with Gasteiger partial charge in [0, 0.05) is 12.1 Å². The first-order chi connectivity index (χ1) is 13.3. The van der Waals surface area contributed by atoms with E-state index in [1.807, 2.05) is 10.8 Å². The number of carbonyl (C=O) groups excluding carboxylic acids is 1. The molecule has 10 heteroatoms. The van der Waals surface area contributed by atoms with Gasteiger partial charge in [0.1, 0.15) is 11.4 Å².